The molecule has 3 aromatic heterocycles. The Morgan fingerprint density at radius 3 is 2.79 bits per heavy atom. The zero-order chi connectivity index (χ0) is 16.9. The first-order chi connectivity index (χ1) is 11.6. The zero-order valence-corrected chi connectivity index (χ0v) is 14.2. The number of pyridine rings is 1. The van der Waals surface area contributed by atoms with Crippen LogP contribution in [0.15, 0.2) is 52.5 Å². The largest absolute Gasteiger partial charge is 0.462 e. The van der Waals surface area contributed by atoms with E-state index in [1.807, 2.05) is 43.5 Å². The van der Waals surface area contributed by atoms with Crippen LogP contribution in [-0.4, -0.2) is 15.9 Å². The van der Waals surface area contributed by atoms with Gasteiger partial charge in [0.2, 0.25) is 5.91 Å². The molecule has 0 aromatic carbocycles. The van der Waals surface area contributed by atoms with Crippen LogP contribution in [0, 0.1) is 6.92 Å². The van der Waals surface area contributed by atoms with Crippen LogP contribution in [0.5, 0.6) is 0 Å². The number of furan rings is 1. The predicted octanol–water partition coefficient (Wildman–Crippen LogP) is 4.00. The van der Waals surface area contributed by atoms with Crippen molar-refractivity contribution in [1.29, 1.82) is 0 Å². The summed E-state index contributed by atoms with van der Waals surface area (Å²) in [5.41, 5.74) is 1.90. The van der Waals surface area contributed by atoms with Gasteiger partial charge in [-0.25, -0.2) is 4.98 Å². The molecule has 122 valence electrons. The third kappa shape index (κ3) is 3.97. The van der Waals surface area contributed by atoms with Gasteiger partial charge in [-0.3, -0.25) is 9.78 Å². The maximum atomic E-state index is 12.0. The van der Waals surface area contributed by atoms with Gasteiger partial charge in [-0.1, -0.05) is 0 Å². The van der Waals surface area contributed by atoms with Crippen LogP contribution < -0.4 is 5.32 Å². The van der Waals surface area contributed by atoms with Crippen molar-refractivity contribution in [3.8, 4) is 11.3 Å². The van der Waals surface area contributed by atoms with Crippen molar-refractivity contribution in [3.05, 3.63) is 64.6 Å². The van der Waals surface area contributed by atoms with Crippen molar-refractivity contribution in [2.24, 2.45) is 0 Å². The van der Waals surface area contributed by atoms with Gasteiger partial charge in [-0.15, -0.1) is 11.3 Å². The highest BCUT2D eigenvalue weighted by Crippen LogP contribution is 2.24. The number of hydrogen-bond acceptors (Lipinski definition) is 5. The first-order valence-electron chi connectivity index (χ1n) is 7.52. The molecule has 0 fully saturated rings. The Hall–Kier alpha value is -2.73. The van der Waals surface area contributed by atoms with Crippen molar-refractivity contribution in [2.75, 3.05) is 0 Å². The Morgan fingerprint density at radius 1 is 1.29 bits per heavy atom. The number of nitrogens with zero attached hydrogens (tertiary/aromatic N) is 2. The fourth-order valence-corrected chi connectivity index (χ4v) is 3.00. The summed E-state index contributed by atoms with van der Waals surface area (Å²) in [5.74, 6) is 1.29. The van der Waals surface area contributed by atoms with Crippen molar-refractivity contribution < 1.29 is 9.21 Å². The van der Waals surface area contributed by atoms with E-state index in [1.54, 1.807) is 18.5 Å². The number of carbonyl (C=O) groups excluding carboxylic acids is 1. The van der Waals surface area contributed by atoms with Crippen molar-refractivity contribution in [1.82, 2.24) is 15.3 Å². The van der Waals surface area contributed by atoms with E-state index in [4.69, 9.17) is 4.42 Å². The molecule has 5 nitrogen and oxygen atoms in total. The Labute approximate surface area is 144 Å². The lowest BCUT2D eigenvalue weighted by Crippen LogP contribution is -2.24. The van der Waals surface area contributed by atoms with Gasteiger partial charge in [0.15, 0.2) is 0 Å². The van der Waals surface area contributed by atoms with Crippen molar-refractivity contribution in [2.45, 2.75) is 19.9 Å². The SMILES string of the molecule is Cc1ccc(C=CC(=O)NC(C)c2nc(-c3ccncc3)cs2)o1. The highest BCUT2D eigenvalue weighted by molar-refractivity contribution is 7.10. The summed E-state index contributed by atoms with van der Waals surface area (Å²) in [6, 6.07) is 7.34. The molecule has 24 heavy (non-hydrogen) atoms. The van der Waals surface area contributed by atoms with Gasteiger partial charge in [0.25, 0.3) is 0 Å². The Kier molecular flexibility index (Phi) is 4.86. The molecule has 0 saturated carbocycles. The van der Waals surface area contributed by atoms with Gasteiger partial charge >= 0.3 is 0 Å². The lowest BCUT2D eigenvalue weighted by atomic mass is 10.2. The van der Waals surface area contributed by atoms with Crippen molar-refractivity contribution >= 4 is 23.3 Å². The van der Waals surface area contributed by atoms with Gasteiger partial charge in [-0.05, 0) is 44.2 Å². The Balaban J connectivity index is 1.62. The number of carbonyl (C=O) groups is 1. The number of aryl methyl sites for hydroxylation is 1. The predicted molar refractivity (Wildman–Crippen MR) is 94.4 cm³/mol. The summed E-state index contributed by atoms with van der Waals surface area (Å²) in [6.07, 6.45) is 6.59. The molecule has 0 aliphatic rings. The third-order valence-electron chi connectivity index (χ3n) is 3.39. The molecule has 3 rings (SSSR count). The normalized spacial score (nSPS) is 12.4. The van der Waals surface area contributed by atoms with E-state index in [0.29, 0.717) is 5.76 Å². The van der Waals surface area contributed by atoms with Gasteiger partial charge in [0, 0.05) is 29.4 Å². The van der Waals surface area contributed by atoms with E-state index in [9.17, 15) is 4.79 Å². The molecule has 3 aromatic rings. The maximum absolute atomic E-state index is 12.0. The molecule has 0 aliphatic heterocycles. The summed E-state index contributed by atoms with van der Waals surface area (Å²) in [6.45, 7) is 3.78. The number of thiazole rings is 1. The average Bonchev–Trinajstić information content (AvgIpc) is 3.23. The molecular weight excluding hydrogens is 322 g/mol. The molecule has 1 N–H and O–H groups in total. The molecule has 1 unspecified atom stereocenters. The van der Waals surface area contributed by atoms with Gasteiger partial charge in [0.05, 0.1) is 11.7 Å². The minimum atomic E-state index is -0.183. The van der Waals surface area contributed by atoms with Crippen LogP contribution in [0.4, 0.5) is 0 Å². The summed E-state index contributed by atoms with van der Waals surface area (Å²) < 4.78 is 5.39. The number of aromatic nitrogens is 2. The first kappa shape index (κ1) is 16.1. The second-order valence-corrected chi connectivity index (χ2v) is 6.21. The monoisotopic (exact) mass is 339 g/mol. The summed E-state index contributed by atoms with van der Waals surface area (Å²) >= 11 is 1.52. The average molecular weight is 339 g/mol. The molecule has 6 heteroatoms. The summed E-state index contributed by atoms with van der Waals surface area (Å²) in [7, 11) is 0. The quantitative estimate of drug-likeness (QED) is 0.714. The second kappa shape index (κ2) is 7.23. The van der Waals surface area contributed by atoms with Crippen LogP contribution in [-0.2, 0) is 4.79 Å². The molecule has 3 heterocycles. The fourth-order valence-electron chi connectivity index (χ4n) is 2.17. The van der Waals surface area contributed by atoms with Gasteiger partial charge in [-0.2, -0.15) is 0 Å². The lowest BCUT2D eigenvalue weighted by Gasteiger charge is -2.08. The van der Waals surface area contributed by atoms with Crippen LogP contribution >= 0.6 is 11.3 Å². The third-order valence-corrected chi connectivity index (χ3v) is 4.41. The topological polar surface area (TPSA) is 68.0 Å². The lowest BCUT2D eigenvalue weighted by molar-refractivity contribution is -0.117. The Bertz CT molecular complexity index is 852. The standard InChI is InChI=1S/C18H17N3O2S/c1-12-3-4-15(23-12)5-6-17(22)20-13(2)18-21-16(11-24-18)14-7-9-19-10-8-14/h3-11,13H,1-2H3,(H,20,22). The van der Waals surface area contributed by atoms with E-state index in [-0.39, 0.29) is 11.9 Å². The number of nitrogens with one attached hydrogen (secondary N) is 1. The van der Waals surface area contributed by atoms with Crippen LogP contribution in [0.1, 0.15) is 29.5 Å². The van der Waals surface area contributed by atoms with Crippen LogP contribution in [0.2, 0.25) is 0 Å². The zero-order valence-electron chi connectivity index (χ0n) is 13.4. The Morgan fingerprint density at radius 2 is 2.08 bits per heavy atom. The van der Waals surface area contributed by atoms with Crippen LogP contribution in [0.3, 0.4) is 0 Å². The molecule has 0 spiro atoms. The molecule has 1 atom stereocenters. The first-order valence-corrected chi connectivity index (χ1v) is 8.40. The van der Waals surface area contributed by atoms with Crippen molar-refractivity contribution in [3.63, 3.8) is 0 Å². The summed E-state index contributed by atoms with van der Waals surface area (Å²) in [5, 5.41) is 5.75. The number of hydrogen-bond donors (Lipinski definition) is 1. The molecule has 0 radical (unpaired) electrons. The minimum absolute atomic E-state index is 0.166. The molecule has 0 saturated heterocycles. The second-order valence-electron chi connectivity index (χ2n) is 5.32. The fraction of sp³-hybridized carbons (Fsp3) is 0.167. The molecular formula is C18H17N3O2S. The van der Waals surface area contributed by atoms with E-state index in [0.717, 1.165) is 22.0 Å². The van der Waals surface area contributed by atoms with Gasteiger partial charge in [0.1, 0.15) is 16.5 Å². The molecule has 0 aliphatic carbocycles. The number of amides is 1. The van der Waals surface area contributed by atoms with Gasteiger partial charge < -0.3 is 9.73 Å². The smallest absolute Gasteiger partial charge is 0.244 e. The van der Waals surface area contributed by atoms with Crippen LogP contribution in [0.25, 0.3) is 17.3 Å². The van der Waals surface area contributed by atoms with E-state index < -0.39 is 0 Å². The highest BCUT2D eigenvalue weighted by Gasteiger charge is 2.13. The highest BCUT2D eigenvalue weighted by atomic mass is 32.1. The summed E-state index contributed by atoms with van der Waals surface area (Å²) in [4.78, 5) is 20.6. The molecule has 1 amide bonds. The van der Waals surface area contributed by atoms with E-state index in [2.05, 4.69) is 15.3 Å². The number of rotatable bonds is 5. The molecule has 0 bridgehead atoms. The van der Waals surface area contributed by atoms with E-state index >= 15 is 0 Å². The minimum Gasteiger partial charge on any atom is -0.462 e. The maximum Gasteiger partial charge on any atom is 0.244 e. The van der Waals surface area contributed by atoms with E-state index in [1.165, 1.54) is 17.4 Å².